The summed E-state index contributed by atoms with van der Waals surface area (Å²) >= 11 is 0. The van der Waals surface area contributed by atoms with Crippen molar-refractivity contribution in [3.05, 3.63) is 60.2 Å². The average molecular weight is 265 g/mol. The van der Waals surface area contributed by atoms with Crippen molar-refractivity contribution in [3.8, 4) is 11.1 Å². The van der Waals surface area contributed by atoms with Crippen LogP contribution in [0.4, 0.5) is 0 Å². The lowest BCUT2D eigenvalue weighted by atomic mass is 9.79. The lowest BCUT2D eigenvalue weighted by Crippen LogP contribution is -2.29. The molecular weight excluding hydrogens is 242 g/mol. The summed E-state index contributed by atoms with van der Waals surface area (Å²) in [5.41, 5.74) is 4.30. The molecule has 1 saturated carbocycles. The van der Waals surface area contributed by atoms with Crippen molar-refractivity contribution in [2.75, 3.05) is 7.05 Å². The van der Waals surface area contributed by atoms with Gasteiger partial charge in [-0.2, -0.15) is 0 Å². The minimum absolute atomic E-state index is 0.718. The average Bonchev–Trinajstić information content (AvgIpc) is 2.56. The Morgan fingerprint density at radius 2 is 1.45 bits per heavy atom. The summed E-state index contributed by atoms with van der Waals surface area (Å²) in [5, 5.41) is 3.42. The number of benzene rings is 2. The Labute approximate surface area is 122 Å². The first-order valence-corrected chi connectivity index (χ1v) is 7.70. The fourth-order valence-corrected chi connectivity index (χ4v) is 3.43. The van der Waals surface area contributed by atoms with Crippen LogP contribution >= 0.6 is 0 Å². The van der Waals surface area contributed by atoms with E-state index >= 15 is 0 Å². The van der Waals surface area contributed by atoms with Gasteiger partial charge in [-0.1, -0.05) is 54.6 Å². The van der Waals surface area contributed by atoms with E-state index in [4.69, 9.17) is 0 Å². The normalized spacial score (nSPS) is 22.6. The SMILES string of the molecule is CNC1CCC(c2ccccc2-c2ccccc2)CC1. The molecule has 0 radical (unpaired) electrons. The molecule has 20 heavy (non-hydrogen) atoms. The van der Waals surface area contributed by atoms with Crippen molar-refractivity contribution in [2.45, 2.75) is 37.6 Å². The number of nitrogens with one attached hydrogen (secondary N) is 1. The maximum absolute atomic E-state index is 3.42. The fourth-order valence-electron chi connectivity index (χ4n) is 3.43. The third-order valence-corrected chi connectivity index (χ3v) is 4.62. The Bertz CT molecular complexity index is 539. The molecule has 2 aromatic carbocycles. The second kappa shape index (κ2) is 6.23. The van der Waals surface area contributed by atoms with Crippen molar-refractivity contribution < 1.29 is 0 Å². The van der Waals surface area contributed by atoms with Gasteiger partial charge in [-0.25, -0.2) is 0 Å². The second-order valence-electron chi connectivity index (χ2n) is 5.79. The molecule has 0 saturated heterocycles. The predicted octanol–water partition coefficient (Wildman–Crippen LogP) is 4.60. The lowest BCUT2D eigenvalue weighted by molar-refractivity contribution is 0.359. The van der Waals surface area contributed by atoms with Gasteiger partial charge in [-0.05, 0) is 55.3 Å². The molecule has 0 spiro atoms. The van der Waals surface area contributed by atoms with Crippen molar-refractivity contribution in [1.82, 2.24) is 5.32 Å². The Kier molecular flexibility index (Phi) is 4.17. The van der Waals surface area contributed by atoms with Gasteiger partial charge in [0.2, 0.25) is 0 Å². The maximum Gasteiger partial charge on any atom is 0.00644 e. The van der Waals surface area contributed by atoms with E-state index in [0.717, 1.165) is 12.0 Å². The summed E-state index contributed by atoms with van der Waals surface area (Å²) in [6, 6.07) is 20.4. The number of rotatable bonds is 3. The highest BCUT2D eigenvalue weighted by molar-refractivity contribution is 5.68. The third-order valence-electron chi connectivity index (χ3n) is 4.62. The lowest BCUT2D eigenvalue weighted by Gasteiger charge is -2.29. The van der Waals surface area contributed by atoms with Crippen LogP contribution in [0.3, 0.4) is 0 Å². The highest BCUT2D eigenvalue weighted by Crippen LogP contribution is 2.37. The van der Waals surface area contributed by atoms with Crippen LogP contribution in [0.15, 0.2) is 54.6 Å². The highest BCUT2D eigenvalue weighted by Gasteiger charge is 2.23. The second-order valence-corrected chi connectivity index (χ2v) is 5.79. The third kappa shape index (κ3) is 2.78. The van der Waals surface area contributed by atoms with Crippen molar-refractivity contribution in [1.29, 1.82) is 0 Å². The first-order chi connectivity index (χ1) is 9.88. The van der Waals surface area contributed by atoms with Crippen LogP contribution in [0, 0.1) is 0 Å². The van der Waals surface area contributed by atoms with E-state index < -0.39 is 0 Å². The van der Waals surface area contributed by atoms with Crippen molar-refractivity contribution in [3.63, 3.8) is 0 Å². The van der Waals surface area contributed by atoms with Gasteiger partial charge in [0.1, 0.15) is 0 Å². The Morgan fingerprint density at radius 3 is 2.15 bits per heavy atom. The summed E-state index contributed by atoms with van der Waals surface area (Å²) in [5.74, 6) is 0.719. The zero-order valence-corrected chi connectivity index (χ0v) is 12.2. The Hall–Kier alpha value is -1.60. The van der Waals surface area contributed by atoms with E-state index in [1.54, 1.807) is 0 Å². The monoisotopic (exact) mass is 265 g/mol. The quantitative estimate of drug-likeness (QED) is 0.855. The Balaban J connectivity index is 1.87. The molecule has 0 aromatic heterocycles. The predicted molar refractivity (Wildman–Crippen MR) is 85.9 cm³/mol. The van der Waals surface area contributed by atoms with Gasteiger partial charge in [0.05, 0.1) is 0 Å². The highest BCUT2D eigenvalue weighted by atomic mass is 14.9. The summed E-state index contributed by atoms with van der Waals surface area (Å²) in [6.45, 7) is 0. The van der Waals surface area contributed by atoms with E-state index in [0.29, 0.717) is 0 Å². The van der Waals surface area contributed by atoms with E-state index in [-0.39, 0.29) is 0 Å². The van der Waals surface area contributed by atoms with Crippen LogP contribution < -0.4 is 5.32 Å². The molecule has 1 N–H and O–H groups in total. The van der Waals surface area contributed by atoms with Crippen LogP contribution in [0.1, 0.15) is 37.2 Å². The molecule has 1 fully saturated rings. The van der Waals surface area contributed by atoms with Crippen LogP contribution in [-0.4, -0.2) is 13.1 Å². The van der Waals surface area contributed by atoms with E-state index in [1.807, 2.05) is 0 Å². The minimum atomic E-state index is 0.718. The molecule has 3 rings (SSSR count). The molecule has 1 heteroatoms. The molecule has 0 unspecified atom stereocenters. The van der Waals surface area contributed by atoms with Gasteiger partial charge in [-0.3, -0.25) is 0 Å². The molecule has 0 heterocycles. The molecule has 0 aliphatic heterocycles. The zero-order valence-electron chi connectivity index (χ0n) is 12.2. The van der Waals surface area contributed by atoms with Gasteiger partial charge in [0, 0.05) is 6.04 Å². The standard InChI is InChI=1S/C19H23N/c1-20-17-13-11-16(12-14-17)19-10-6-5-9-18(19)15-7-3-2-4-8-15/h2-10,16-17,20H,11-14H2,1H3. The first kappa shape index (κ1) is 13.4. The first-order valence-electron chi connectivity index (χ1n) is 7.70. The summed E-state index contributed by atoms with van der Waals surface area (Å²) < 4.78 is 0. The van der Waals surface area contributed by atoms with Crippen LogP contribution in [0.25, 0.3) is 11.1 Å². The fraction of sp³-hybridized carbons (Fsp3) is 0.368. The van der Waals surface area contributed by atoms with Gasteiger partial charge in [-0.15, -0.1) is 0 Å². The largest absolute Gasteiger partial charge is 0.317 e. The molecule has 0 bridgehead atoms. The zero-order chi connectivity index (χ0) is 13.8. The smallest absolute Gasteiger partial charge is 0.00644 e. The Morgan fingerprint density at radius 1 is 0.800 bits per heavy atom. The van der Waals surface area contributed by atoms with E-state index in [1.165, 1.54) is 42.4 Å². The minimum Gasteiger partial charge on any atom is -0.317 e. The summed E-state index contributed by atoms with van der Waals surface area (Å²) in [7, 11) is 2.09. The molecule has 0 amide bonds. The molecular formula is C19H23N. The topological polar surface area (TPSA) is 12.0 Å². The van der Waals surface area contributed by atoms with Gasteiger partial charge < -0.3 is 5.32 Å². The molecule has 1 aliphatic carbocycles. The van der Waals surface area contributed by atoms with Crippen LogP contribution in [0.2, 0.25) is 0 Å². The van der Waals surface area contributed by atoms with E-state index in [2.05, 4.69) is 67.0 Å². The van der Waals surface area contributed by atoms with Crippen molar-refractivity contribution >= 4 is 0 Å². The molecule has 2 aromatic rings. The van der Waals surface area contributed by atoms with Crippen LogP contribution in [-0.2, 0) is 0 Å². The summed E-state index contributed by atoms with van der Waals surface area (Å²) in [6.07, 6.45) is 5.19. The number of hydrogen-bond acceptors (Lipinski definition) is 1. The number of hydrogen-bond donors (Lipinski definition) is 1. The van der Waals surface area contributed by atoms with E-state index in [9.17, 15) is 0 Å². The molecule has 1 nitrogen and oxygen atoms in total. The van der Waals surface area contributed by atoms with Gasteiger partial charge >= 0.3 is 0 Å². The summed E-state index contributed by atoms with van der Waals surface area (Å²) in [4.78, 5) is 0. The van der Waals surface area contributed by atoms with Crippen LogP contribution in [0.5, 0.6) is 0 Å². The molecule has 104 valence electrons. The molecule has 0 atom stereocenters. The maximum atomic E-state index is 3.42. The molecule has 1 aliphatic rings. The van der Waals surface area contributed by atoms with Gasteiger partial charge in [0.15, 0.2) is 0 Å². The van der Waals surface area contributed by atoms with Crippen molar-refractivity contribution in [2.24, 2.45) is 0 Å². The van der Waals surface area contributed by atoms with Gasteiger partial charge in [0.25, 0.3) is 0 Å².